The van der Waals surface area contributed by atoms with Crippen LogP contribution in [0.1, 0.15) is 35.4 Å². The summed E-state index contributed by atoms with van der Waals surface area (Å²) < 4.78 is 7.19. The van der Waals surface area contributed by atoms with Gasteiger partial charge in [-0.05, 0) is 95.0 Å². The Labute approximate surface area is 311 Å². The largest absolute Gasteiger partial charge is 0.504 e. The highest BCUT2D eigenvalue weighted by molar-refractivity contribution is 14.1. The fraction of sp³-hybridized carbons (Fsp3) is 0.220. The Morgan fingerprint density at radius 3 is 2.24 bits per heavy atom. The number of phenols is 1. The zero-order valence-corrected chi connectivity index (χ0v) is 30.6. The van der Waals surface area contributed by atoms with Crippen LogP contribution in [0.15, 0.2) is 119 Å². The standard InChI is InChI=1S/C41H31BrINO6/c1-50-33-19-24(42)18-31(38(33)47)36-27-16-17-28-35(40(49)44(39(28)48)26-14-12-25(43)13-15-26)30(27)20-32-37(46)29(22-8-4-2-5-9-22)21-34(45)41(32,36)23-10-6-3-7-11-23/h2-16,18-19,21,28,30,32,35-36,47H,17,20H2,1H3/t28-,30+,32-,35-,36+,41-/m0/s1. The molecule has 0 spiro atoms. The number of imide groups is 1. The number of nitrogens with zero attached hydrogens (tertiary/aromatic N) is 1. The van der Waals surface area contributed by atoms with E-state index in [2.05, 4.69) is 38.5 Å². The summed E-state index contributed by atoms with van der Waals surface area (Å²) in [4.78, 5) is 60.1. The smallest absolute Gasteiger partial charge is 0.238 e. The normalized spacial score (nSPS) is 27.3. The van der Waals surface area contributed by atoms with Crippen LogP contribution < -0.4 is 9.64 Å². The molecular formula is C41H31BrINO6. The van der Waals surface area contributed by atoms with Crippen LogP contribution in [-0.2, 0) is 24.6 Å². The lowest BCUT2D eigenvalue weighted by molar-refractivity contribution is -0.135. The number of carbonyl (C=O) groups excluding carboxylic acids is 4. The molecule has 6 atom stereocenters. The molecule has 4 aromatic carbocycles. The number of carbonyl (C=O) groups is 4. The van der Waals surface area contributed by atoms with Crippen LogP contribution >= 0.6 is 38.5 Å². The Hall–Kier alpha value is -4.35. The summed E-state index contributed by atoms with van der Waals surface area (Å²) in [5.74, 6) is -4.68. The molecule has 1 aliphatic heterocycles. The van der Waals surface area contributed by atoms with E-state index in [9.17, 15) is 14.7 Å². The summed E-state index contributed by atoms with van der Waals surface area (Å²) in [6.45, 7) is 0. The minimum atomic E-state index is -1.46. The lowest BCUT2D eigenvalue weighted by Crippen LogP contribution is -2.58. The maximum Gasteiger partial charge on any atom is 0.238 e. The van der Waals surface area contributed by atoms with Gasteiger partial charge >= 0.3 is 0 Å². The number of amides is 2. The molecule has 2 fully saturated rings. The third-order valence-corrected chi connectivity index (χ3v) is 12.2. The van der Waals surface area contributed by atoms with Crippen LogP contribution in [0.3, 0.4) is 0 Å². The van der Waals surface area contributed by atoms with Gasteiger partial charge < -0.3 is 9.84 Å². The fourth-order valence-corrected chi connectivity index (χ4v) is 9.85. The molecule has 4 aliphatic rings. The molecule has 0 bridgehead atoms. The number of Topliss-reactive ketones (excluding diaryl/α,β-unsaturated/α-hetero) is 1. The number of phenolic OH excluding ortho intramolecular Hbond substituents is 1. The predicted molar refractivity (Wildman–Crippen MR) is 201 cm³/mol. The van der Waals surface area contributed by atoms with Crippen LogP contribution in [0.4, 0.5) is 5.69 Å². The number of hydrogen-bond donors (Lipinski definition) is 1. The average Bonchev–Trinajstić information content (AvgIpc) is 3.39. The zero-order valence-electron chi connectivity index (χ0n) is 26.9. The number of ether oxygens (including phenoxy) is 1. The van der Waals surface area contributed by atoms with Crippen LogP contribution in [0, 0.1) is 27.2 Å². The molecule has 0 aromatic heterocycles. The number of aromatic hydroxyl groups is 1. The van der Waals surface area contributed by atoms with Gasteiger partial charge in [0.1, 0.15) is 0 Å². The van der Waals surface area contributed by atoms with Crippen LogP contribution in [-0.4, -0.2) is 35.6 Å². The minimum Gasteiger partial charge on any atom is -0.504 e. The summed E-state index contributed by atoms with van der Waals surface area (Å²) in [6, 6.07) is 29.2. The van der Waals surface area contributed by atoms with E-state index in [1.807, 2.05) is 78.9 Å². The molecule has 2 amide bonds. The van der Waals surface area contributed by atoms with E-state index in [1.54, 1.807) is 24.3 Å². The lowest BCUT2D eigenvalue weighted by atomic mass is 9.44. The van der Waals surface area contributed by atoms with Crippen molar-refractivity contribution < 1.29 is 29.0 Å². The molecule has 0 radical (unpaired) electrons. The van der Waals surface area contributed by atoms with Crippen molar-refractivity contribution >= 4 is 73.2 Å². The highest BCUT2D eigenvalue weighted by Crippen LogP contribution is 2.65. The second-order valence-electron chi connectivity index (χ2n) is 13.3. The molecule has 7 nitrogen and oxygen atoms in total. The molecule has 8 rings (SSSR count). The maximum atomic E-state index is 15.2. The third-order valence-electron chi connectivity index (χ3n) is 11.1. The van der Waals surface area contributed by atoms with Crippen LogP contribution in [0.5, 0.6) is 11.5 Å². The summed E-state index contributed by atoms with van der Waals surface area (Å²) >= 11 is 5.78. The third kappa shape index (κ3) is 4.80. The van der Waals surface area contributed by atoms with Crippen LogP contribution in [0.25, 0.3) is 5.57 Å². The van der Waals surface area contributed by atoms with Gasteiger partial charge in [-0.2, -0.15) is 0 Å². The Morgan fingerprint density at radius 1 is 0.880 bits per heavy atom. The van der Waals surface area contributed by atoms with Crippen molar-refractivity contribution in [1.82, 2.24) is 0 Å². The SMILES string of the molecule is COc1cc(Br)cc([C@H]2C3=CC[C@@H]4C(=O)N(c5ccc(I)cc5)C(=O)[C@@H]4[C@@H]3C[C@H]3C(=O)C(c4ccccc4)=CC(=O)[C@@]23c2ccccc2)c1O. The summed E-state index contributed by atoms with van der Waals surface area (Å²) in [5.41, 5.74) is 1.82. The Bertz CT molecular complexity index is 2150. The van der Waals surface area contributed by atoms with E-state index in [4.69, 9.17) is 4.74 Å². The summed E-state index contributed by atoms with van der Waals surface area (Å²) in [6.07, 6.45) is 3.92. The second-order valence-corrected chi connectivity index (χ2v) is 15.5. The number of ketones is 2. The first kappa shape index (κ1) is 32.8. The quantitative estimate of drug-likeness (QED) is 0.125. The van der Waals surface area contributed by atoms with Gasteiger partial charge in [0.05, 0.1) is 30.0 Å². The van der Waals surface area contributed by atoms with Gasteiger partial charge in [-0.25, -0.2) is 0 Å². The predicted octanol–water partition coefficient (Wildman–Crippen LogP) is 7.80. The molecule has 50 heavy (non-hydrogen) atoms. The summed E-state index contributed by atoms with van der Waals surface area (Å²) in [7, 11) is 1.46. The van der Waals surface area contributed by atoms with Crippen molar-refractivity contribution in [2.24, 2.45) is 23.7 Å². The second kappa shape index (κ2) is 12.5. The number of allylic oxidation sites excluding steroid dienone is 4. The Morgan fingerprint density at radius 2 is 1.56 bits per heavy atom. The number of rotatable bonds is 5. The number of hydrogen-bond acceptors (Lipinski definition) is 6. The first-order chi connectivity index (χ1) is 24.2. The van der Waals surface area contributed by atoms with Crippen molar-refractivity contribution in [2.45, 2.75) is 24.2 Å². The molecule has 1 saturated carbocycles. The molecule has 1 heterocycles. The van der Waals surface area contributed by atoms with Crippen molar-refractivity contribution in [3.05, 3.63) is 140 Å². The molecule has 1 N–H and O–H groups in total. The molecule has 9 heteroatoms. The monoisotopic (exact) mass is 839 g/mol. The molecule has 3 aliphatic carbocycles. The highest BCUT2D eigenvalue weighted by Gasteiger charge is 2.66. The maximum absolute atomic E-state index is 15.2. The van der Waals surface area contributed by atoms with Gasteiger partial charge in [0, 0.05) is 31.0 Å². The van der Waals surface area contributed by atoms with Gasteiger partial charge in [0.15, 0.2) is 23.1 Å². The lowest BCUT2D eigenvalue weighted by Gasteiger charge is -2.55. The first-order valence-electron chi connectivity index (χ1n) is 16.5. The molecular weight excluding hydrogens is 809 g/mol. The number of fused-ring (bicyclic) bond motifs is 4. The first-order valence-corrected chi connectivity index (χ1v) is 18.3. The number of methoxy groups -OCH3 is 1. The zero-order chi connectivity index (χ0) is 34.9. The molecule has 1 saturated heterocycles. The van der Waals surface area contributed by atoms with Gasteiger partial charge in [0.25, 0.3) is 0 Å². The average molecular weight is 841 g/mol. The topological polar surface area (TPSA) is 101 Å². The van der Waals surface area contributed by atoms with Crippen molar-refractivity contribution in [3.63, 3.8) is 0 Å². The van der Waals surface area contributed by atoms with Crippen molar-refractivity contribution in [2.75, 3.05) is 12.0 Å². The van der Waals surface area contributed by atoms with Gasteiger partial charge in [-0.1, -0.05) is 88.2 Å². The van der Waals surface area contributed by atoms with Crippen molar-refractivity contribution in [3.8, 4) is 11.5 Å². The van der Waals surface area contributed by atoms with E-state index in [1.165, 1.54) is 18.1 Å². The molecule has 4 aromatic rings. The highest BCUT2D eigenvalue weighted by atomic mass is 127. The number of benzene rings is 4. The molecule has 250 valence electrons. The Balaban J connectivity index is 1.39. The van der Waals surface area contributed by atoms with E-state index in [0.29, 0.717) is 32.4 Å². The summed E-state index contributed by atoms with van der Waals surface area (Å²) in [5, 5.41) is 11.9. The Kier molecular flexibility index (Phi) is 8.18. The molecule has 0 unspecified atom stereocenters. The van der Waals surface area contributed by atoms with Gasteiger partial charge in [-0.15, -0.1) is 0 Å². The number of anilines is 1. The van der Waals surface area contributed by atoms with Crippen LogP contribution in [0.2, 0.25) is 0 Å². The van der Waals surface area contributed by atoms with E-state index < -0.39 is 35.0 Å². The van der Waals surface area contributed by atoms with Crippen molar-refractivity contribution in [1.29, 1.82) is 0 Å². The van der Waals surface area contributed by atoms with Gasteiger partial charge in [0.2, 0.25) is 11.8 Å². The minimum absolute atomic E-state index is 0.147. The van der Waals surface area contributed by atoms with E-state index in [-0.39, 0.29) is 47.7 Å². The fourth-order valence-electron chi connectivity index (χ4n) is 9.03. The van der Waals surface area contributed by atoms with Gasteiger partial charge in [-0.3, -0.25) is 24.1 Å². The van der Waals surface area contributed by atoms with E-state index in [0.717, 1.165) is 9.14 Å². The van der Waals surface area contributed by atoms with E-state index >= 15 is 9.59 Å². The number of halogens is 2.